The molecule has 0 spiro atoms. The van der Waals surface area contributed by atoms with Crippen LogP contribution in [0.3, 0.4) is 0 Å². The van der Waals surface area contributed by atoms with Gasteiger partial charge in [0.1, 0.15) is 0 Å². The molecule has 0 bridgehead atoms. The molecule has 2 N–H and O–H groups in total. The predicted octanol–water partition coefficient (Wildman–Crippen LogP) is 2.37. The zero-order valence-corrected chi connectivity index (χ0v) is 9.61. The number of hydrogen-bond acceptors (Lipinski definition) is 4. The summed E-state index contributed by atoms with van der Waals surface area (Å²) in [5.41, 5.74) is 1.58. The summed E-state index contributed by atoms with van der Waals surface area (Å²) in [5.74, 6) is -0.195. The zero-order valence-electron chi connectivity index (χ0n) is 8.03. The molecule has 4 nitrogen and oxygen atoms in total. The summed E-state index contributed by atoms with van der Waals surface area (Å²) in [4.78, 5) is 7.32. The smallest absolute Gasteiger partial charge is 0.317 e. The van der Waals surface area contributed by atoms with E-state index in [1.807, 2.05) is 13.0 Å². The molecule has 0 atom stereocenters. The zero-order chi connectivity index (χ0) is 11.0. The molecular formula is C10H9BrN2O2. The molecule has 0 fully saturated rings. The molecule has 5 heteroatoms. The van der Waals surface area contributed by atoms with Crippen molar-refractivity contribution in [1.29, 1.82) is 0 Å². The Bertz CT molecular complexity index is 528. The molecule has 0 aliphatic heterocycles. The van der Waals surface area contributed by atoms with Gasteiger partial charge in [0.05, 0.1) is 10.9 Å². The van der Waals surface area contributed by atoms with Crippen LogP contribution in [0.5, 0.6) is 11.9 Å². The Balaban J connectivity index is 2.81. The number of aromatic hydroxyl groups is 2. The van der Waals surface area contributed by atoms with Crippen molar-refractivity contribution in [3.63, 3.8) is 0 Å². The summed E-state index contributed by atoms with van der Waals surface area (Å²) in [6.07, 6.45) is 0.844. The van der Waals surface area contributed by atoms with E-state index in [0.717, 1.165) is 16.5 Å². The molecule has 2 aromatic rings. The van der Waals surface area contributed by atoms with E-state index in [-0.39, 0.29) is 5.88 Å². The van der Waals surface area contributed by atoms with Crippen molar-refractivity contribution in [2.45, 2.75) is 13.3 Å². The molecular weight excluding hydrogens is 260 g/mol. The molecule has 78 valence electrons. The van der Waals surface area contributed by atoms with Gasteiger partial charge in [-0.15, -0.1) is 0 Å². The van der Waals surface area contributed by atoms with Crippen molar-refractivity contribution in [2.75, 3.05) is 0 Å². The number of fused-ring (bicyclic) bond motifs is 1. The number of halogens is 1. The Labute approximate surface area is 94.7 Å². The van der Waals surface area contributed by atoms with E-state index in [9.17, 15) is 5.11 Å². The van der Waals surface area contributed by atoms with Crippen LogP contribution < -0.4 is 0 Å². The molecule has 0 aliphatic rings. The molecule has 15 heavy (non-hydrogen) atoms. The fraction of sp³-hybridized carbons (Fsp3) is 0.200. The van der Waals surface area contributed by atoms with Crippen LogP contribution in [0.2, 0.25) is 0 Å². The van der Waals surface area contributed by atoms with Gasteiger partial charge in [0, 0.05) is 4.47 Å². The monoisotopic (exact) mass is 268 g/mol. The van der Waals surface area contributed by atoms with E-state index in [1.54, 1.807) is 6.07 Å². The largest absolute Gasteiger partial charge is 0.493 e. The minimum Gasteiger partial charge on any atom is -0.493 e. The molecule has 0 saturated carbocycles. The van der Waals surface area contributed by atoms with Crippen LogP contribution in [0.15, 0.2) is 16.6 Å². The lowest BCUT2D eigenvalue weighted by Gasteiger charge is -2.05. The topological polar surface area (TPSA) is 66.2 Å². The lowest BCUT2D eigenvalue weighted by Crippen LogP contribution is -1.89. The molecule has 0 aliphatic carbocycles. The molecule has 0 amide bonds. The lowest BCUT2D eigenvalue weighted by atomic mass is 10.1. The Morgan fingerprint density at radius 2 is 2.00 bits per heavy atom. The van der Waals surface area contributed by atoms with E-state index in [4.69, 9.17) is 5.11 Å². The average Bonchev–Trinajstić information content (AvgIpc) is 2.16. The van der Waals surface area contributed by atoms with E-state index in [1.165, 1.54) is 0 Å². The fourth-order valence-corrected chi connectivity index (χ4v) is 2.05. The van der Waals surface area contributed by atoms with Gasteiger partial charge in [-0.05, 0) is 24.1 Å². The van der Waals surface area contributed by atoms with Crippen LogP contribution in [-0.4, -0.2) is 20.2 Å². The summed E-state index contributed by atoms with van der Waals surface area (Å²) >= 11 is 3.40. The number of hydrogen-bond donors (Lipinski definition) is 2. The Kier molecular flexibility index (Phi) is 2.48. The van der Waals surface area contributed by atoms with Gasteiger partial charge >= 0.3 is 6.01 Å². The van der Waals surface area contributed by atoms with Crippen molar-refractivity contribution in [1.82, 2.24) is 9.97 Å². The van der Waals surface area contributed by atoms with E-state index in [2.05, 4.69) is 25.9 Å². The molecule has 0 radical (unpaired) electrons. The van der Waals surface area contributed by atoms with Crippen LogP contribution in [0.25, 0.3) is 10.9 Å². The maximum atomic E-state index is 9.54. The highest BCUT2D eigenvalue weighted by molar-refractivity contribution is 9.10. The third kappa shape index (κ3) is 1.74. The van der Waals surface area contributed by atoms with Crippen LogP contribution in [0.4, 0.5) is 0 Å². The van der Waals surface area contributed by atoms with Crippen LogP contribution in [0, 0.1) is 0 Å². The van der Waals surface area contributed by atoms with Gasteiger partial charge in [-0.1, -0.05) is 22.9 Å². The molecule has 1 heterocycles. The standard InChI is InChI=1S/C10H9BrN2O2/c1-2-5-3-6-8(4-7(5)11)12-10(15)13-9(6)14/h3-4H,2H2,1H3,(H2,12,13,14,15). The van der Waals surface area contributed by atoms with Gasteiger partial charge in [-0.3, -0.25) is 0 Å². The van der Waals surface area contributed by atoms with Crippen molar-refractivity contribution >= 4 is 26.8 Å². The van der Waals surface area contributed by atoms with E-state index >= 15 is 0 Å². The Morgan fingerprint density at radius 3 is 2.67 bits per heavy atom. The van der Waals surface area contributed by atoms with Gasteiger partial charge < -0.3 is 10.2 Å². The first-order valence-corrected chi connectivity index (χ1v) is 5.29. The van der Waals surface area contributed by atoms with Crippen LogP contribution in [0.1, 0.15) is 12.5 Å². The minimum absolute atomic E-state index is 0.195. The summed E-state index contributed by atoms with van der Waals surface area (Å²) in [6, 6.07) is 3.15. The van der Waals surface area contributed by atoms with Gasteiger partial charge in [-0.25, -0.2) is 0 Å². The number of nitrogens with zero attached hydrogens (tertiary/aromatic N) is 2. The Morgan fingerprint density at radius 1 is 1.27 bits per heavy atom. The highest BCUT2D eigenvalue weighted by Crippen LogP contribution is 2.29. The van der Waals surface area contributed by atoms with Crippen molar-refractivity contribution < 1.29 is 10.2 Å². The average molecular weight is 269 g/mol. The van der Waals surface area contributed by atoms with Crippen molar-refractivity contribution in [2.24, 2.45) is 0 Å². The van der Waals surface area contributed by atoms with Crippen LogP contribution in [-0.2, 0) is 6.42 Å². The lowest BCUT2D eigenvalue weighted by molar-refractivity contribution is 0.403. The third-order valence-electron chi connectivity index (χ3n) is 2.21. The van der Waals surface area contributed by atoms with Gasteiger partial charge in [0.2, 0.25) is 5.88 Å². The quantitative estimate of drug-likeness (QED) is 0.834. The first kappa shape index (κ1) is 10.2. The highest BCUT2D eigenvalue weighted by Gasteiger charge is 2.08. The molecule has 0 unspecified atom stereocenters. The normalized spacial score (nSPS) is 10.8. The second kappa shape index (κ2) is 3.66. The molecule has 2 rings (SSSR count). The number of aryl methyl sites for hydroxylation is 1. The Hall–Kier alpha value is -1.36. The summed E-state index contributed by atoms with van der Waals surface area (Å²) in [7, 11) is 0. The highest BCUT2D eigenvalue weighted by atomic mass is 79.9. The van der Waals surface area contributed by atoms with Gasteiger partial charge in [0.15, 0.2) is 0 Å². The first-order chi connectivity index (χ1) is 7.11. The van der Waals surface area contributed by atoms with Crippen LogP contribution >= 0.6 is 15.9 Å². The SMILES string of the molecule is CCc1cc2c(O)nc(O)nc2cc1Br. The maximum Gasteiger partial charge on any atom is 0.317 e. The van der Waals surface area contributed by atoms with E-state index < -0.39 is 6.01 Å². The maximum absolute atomic E-state index is 9.54. The van der Waals surface area contributed by atoms with Crippen molar-refractivity contribution in [3.05, 3.63) is 22.2 Å². The first-order valence-electron chi connectivity index (χ1n) is 4.50. The van der Waals surface area contributed by atoms with Gasteiger partial charge in [-0.2, -0.15) is 9.97 Å². The summed E-state index contributed by atoms with van der Waals surface area (Å²) < 4.78 is 0.912. The fourth-order valence-electron chi connectivity index (χ4n) is 1.44. The summed E-state index contributed by atoms with van der Waals surface area (Å²) in [6.45, 7) is 2.02. The predicted molar refractivity (Wildman–Crippen MR) is 59.9 cm³/mol. The van der Waals surface area contributed by atoms with E-state index in [0.29, 0.717) is 10.9 Å². The van der Waals surface area contributed by atoms with Crippen molar-refractivity contribution in [3.8, 4) is 11.9 Å². The molecule has 1 aromatic carbocycles. The number of aromatic nitrogens is 2. The molecule has 0 saturated heterocycles. The number of rotatable bonds is 1. The number of benzene rings is 1. The second-order valence-corrected chi connectivity index (χ2v) is 4.02. The molecule has 1 aromatic heterocycles. The third-order valence-corrected chi connectivity index (χ3v) is 2.95. The van der Waals surface area contributed by atoms with Gasteiger partial charge in [0.25, 0.3) is 0 Å². The summed E-state index contributed by atoms with van der Waals surface area (Å²) in [5, 5.41) is 19.2. The second-order valence-electron chi connectivity index (χ2n) is 3.16. The minimum atomic E-state index is -0.420.